The molecule has 0 bridgehead atoms. The quantitative estimate of drug-likeness (QED) is 0.566. The third kappa shape index (κ3) is 3.20. The fourth-order valence-corrected chi connectivity index (χ4v) is 1.90. The molecule has 5 nitrogen and oxygen atoms in total. The molecule has 92 valence electrons. The van der Waals surface area contributed by atoms with Crippen LogP contribution in [0.5, 0.6) is 0 Å². The van der Waals surface area contributed by atoms with Gasteiger partial charge in [-0.3, -0.25) is 0 Å². The van der Waals surface area contributed by atoms with Crippen molar-refractivity contribution in [1.29, 1.82) is 0 Å². The van der Waals surface area contributed by atoms with E-state index < -0.39 is 18.0 Å². The molecule has 1 aliphatic carbocycles. The second kappa shape index (κ2) is 5.84. The largest absolute Gasteiger partial charge is 0.467 e. The number of ether oxygens (including phenoxy) is 2. The highest BCUT2D eigenvalue weighted by atomic mass is 16.6. The van der Waals surface area contributed by atoms with Crippen LogP contribution >= 0.6 is 0 Å². The van der Waals surface area contributed by atoms with Crippen LogP contribution in [0.1, 0.15) is 32.6 Å². The van der Waals surface area contributed by atoms with E-state index in [1.165, 1.54) is 7.11 Å². The monoisotopic (exact) mass is 229 g/mol. The lowest BCUT2D eigenvalue weighted by Crippen LogP contribution is -2.43. The van der Waals surface area contributed by atoms with Crippen LogP contribution < -0.4 is 5.73 Å². The van der Waals surface area contributed by atoms with E-state index >= 15 is 0 Å². The van der Waals surface area contributed by atoms with Crippen molar-refractivity contribution >= 4 is 11.9 Å². The number of hydrogen-bond acceptors (Lipinski definition) is 5. The number of methoxy groups -OCH3 is 1. The molecule has 0 aromatic heterocycles. The van der Waals surface area contributed by atoms with E-state index in [9.17, 15) is 9.59 Å². The van der Waals surface area contributed by atoms with E-state index in [0.29, 0.717) is 5.92 Å². The molecule has 3 atom stereocenters. The van der Waals surface area contributed by atoms with Gasteiger partial charge in [-0.05, 0) is 25.2 Å². The molecule has 0 radical (unpaired) electrons. The second-order valence-corrected chi connectivity index (χ2v) is 4.24. The Morgan fingerprint density at radius 1 is 1.25 bits per heavy atom. The van der Waals surface area contributed by atoms with Crippen molar-refractivity contribution in [2.75, 3.05) is 7.11 Å². The van der Waals surface area contributed by atoms with Crippen LogP contribution in [0.15, 0.2) is 0 Å². The van der Waals surface area contributed by atoms with Gasteiger partial charge in [0, 0.05) is 0 Å². The molecule has 1 aliphatic rings. The summed E-state index contributed by atoms with van der Waals surface area (Å²) in [5.74, 6) is -1.11. The molecule has 0 aromatic carbocycles. The third-order valence-corrected chi connectivity index (χ3v) is 3.01. The van der Waals surface area contributed by atoms with Crippen LogP contribution in [0.4, 0.5) is 0 Å². The van der Waals surface area contributed by atoms with Crippen molar-refractivity contribution in [3.63, 3.8) is 0 Å². The third-order valence-electron chi connectivity index (χ3n) is 3.01. The molecule has 0 saturated heterocycles. The van der Waals surface area contributed by atoms with E-state index in [-0.39, 0.29) is 6.10 Å². The standard InChI is InChI=1S/C11H19NO4/c1-7-5-3-4-6-8(7)16-11(14)9(12)10(13)15-2/h7-9H,3-6,12H2,1-2H3/t7-,8-,9?/m1/s1. The normalized spacial score (nSPS) is 26.9. The number of esters is 2. The van der Waals surface area contributed by atoms with Gasteiger partial charge >= 0.3 is 11.9 Å². The van der Waals surface area contributed by atoms with Gasteiger partial charge in [0.2, 0.25) is 6.04 Å². The lowest BCUT2D eigenvalue weighted by Gasteiger charge is -2.28. The van der Waals surface area contributed by atoms with Crippen molar-refractivity contribution in [1.82, 2.24) is 0 Å². The zero-order valence-electron chi connectivity index (χ0n) is 9.77. The summed E-state index contributed by atoms with van der Waals surface area (Å²) in [4.78, 5) is 22.5. The first-order valence-corrected chi connectivity index (χ1v) is 5.60. The fourth-order valence-electron chi connectivity index (χ4n) is 1.90. The van der Waals surface area contributed by atoms with Gasteiger partial charge in [-0.25, -0.2) is 9.59 Å². The summed E-state index contributed by atoms with van der Waals surface area (Å²) < 4.78 is 9.61. The van der Waals surface area contributed by atoms with Gasteiger partial charge in [-0.2, -0.15) is 0 Å². The molecule has 1 unspecified atom stereocenters. The van der Waals surface area contributed by atoms with Gasteiger partial charge in [0.15, 0.2) is 0 Å². The molecule has 16 heavy (non-hydrogen) atoms. The first kappa shape index (κ1) is 13.0. The van der Waals surface area contributed by atoms with Gasteiger partial charge in [-0.15, -0.1) is 0 Å². The van der Waals surface area contributed by atoms with Crippen molar-refractivity contribution < 1.29 is 19.1 Å². The molecular formula is C11H19NO4. The van der Waals surface area contributed by atoms with Gasteiger partial charge in [-0.1, -0.05) is 13.3 Å². The number of rotatable bonds is 3. The van der Waals surface area contributed by atoms with Crippen LogP contribution in [0.25, 0.3) is 0 Å². The molecule has 0 heterocycles. The summed E-state index contributed by atoms with van der Waals surface area (Å²) in [7, 11) is 1.19. The minimum Gasteiger partial charge on any atom is -0.467 e. The molecule has 0 aliphatic heterocycles. The molecule has 0 amide bonds. The Morgan fingerprint density at radius 3 is 2.44 bits per heavy atom. The summed E-state index contributed by atoms with van der Waals surface area (Å²) in [6, 6.07) is -1.32. The topological polar surface area (TPSA) is 78.6 Å². The molecule has 0 spiro atoms. The predicted octanol–water partition coefficient (Wildman–Crippen LogP) is 0.609. The Balaban J connectivity index is 2.46. The van der Waals surface area contributed by atoms with Gasteiger partial charge < -0.3 is 15.2 Å². The smallest absolute Gasteiger partial charge is 0.334 e. The van der Waals surface area contributed by atoms with Crippen LogP contribution in [0, 0.1) is 5.92 Å². The Labute approximate surface area is 95.3 Å². The van der Waals surface area contributed by atoms with Crippen molar-refractivity contribution in [3.05, 3.63) is 0 Å². The van der Waals surface area contributed by atoms with Crippen molar-refractivity contribution in [3.8, 4) is 0 Å². The zero-order valence-corrected chi connectivity index (χ0v) is 9.77. The van der Waals surface area contributed by atoms with Crippen molar-refractivity contribution in [2.24, 2.45) is 11.7 Å². The summed E-state index contributed by atoms with van der Waals surface area (Å²) >= 11 is 0. The first-order chi connectivity index (χ1) is 7.56. The minimum atomic E-state index is -1.32. The summed E-state index contributed by atoms with van der Waals surface area (Å²) in [6.45, 7) is 2.04. The summed E-state index contributed by atoms with van der Waals surface area (Å²) in [6.07, 6.45) is 4.00. The van der Waals surface area contributed by atoms with E-state index in [4.69, 9.17) is 10.5 Å². The highest BCUT2D eigenvalue weighted by Gasteiger charge is 2.30. The number of carbonyl (C=O) groups excluding carboxylic acids is 2. The van der Waals surface area contributed by atoms with Gasteiger partial charge in [0.25, 0.3) is 0 Å². The molecule has 2 N–H and O–H groups in total. The average molecular weight is 229 g/mol. The lowest BCUT2D eigenvalue weighted by molar-refractivity contribution is -0.161. The van der Waals surface area contributed by atoms with E-state index in [0.717, 1.165) is 25.7 Å². The second-order valence-electron chi connectivity index (χ2n) is 4.24. The Hall–Kier alpha value is -1.10. The first-order valence-electron chi connectivity index (χ1n) is 5.60. The Bertz CT molecular complexity index is 267. The van der Waals surface area contributed by atoms with Crippen LogP contribution in [0.2, 0.25) is 0 Å². The van der Waals surface area contributed by atoms with Crippen molar-refractivity contribution in [2.45, 2.75) is 44.8 Å². The minimum absolute atomic E-state index is 0.114. The maximum absolute atomic E-state index is 11.5. The number of hydrogen-bond donors (Lipinski definition) is 1. The Morgan fingerprint density at radius 2 is 1.88 bits per heavy atom. The molecule has 5 heteroatoms. The summed E-state index contributed by atoms with van der Waals surface area (Å²) in [5, 5.41) is 0. The Kier molecular flexibility index (Phi) is 4.73. The highest BCUT2D eigenvalue weighted by Crippen LogP contribution is 2.26. The van der Waals surface area contributed by atoms with E-state index in [1.807, 2.05) is 6.92 Å². The molecule has 1 saturated carbocycles. The van der Waals surface area contributed by atoms with Crippen LogP contribution in [-0.2, 0) is 19.1 Å². The molecule has 1 fully saturated rings. The maximum Gasteiger partial charge on any atom is 0.334 e. The average Bonchev–Trinajstić information content (AvgIpc) is 2.30. The van der Waals surface area contributed by atoms with Gasteiger partial charge in [0.1, 0.15) is 6.10 Å². The highest BCUT2D eigenvalue weighted by molar-refractivity contribution is 5.98. The SMILES string of the molecule is COC(=O)C(N)C(=O)O[C@@H]1CCCC[C@H]1C. The van der Waals surface area contributed by atoms with Crippen LogP contribution in [-0.4, -0.2) is 31.2 Å². The molecule has 0 aromatic rings. The lowest BCUT2D eigenvalue weighted by atomic mass is 9.88. The maximum atomic E-state index is 11.5. The fraction of sp³-hybridized carbons (Fsp3) is 0.818. The van der Waals surface area contributed by atoms with Crippen LogP contribution in [0.3, 0.4) is 0 Å². The summed E-state index contributed by atoms with van der Waals surface area (Å²) in [5.41, 5.74) is 5.38. The van der Waals surface area contributed by atoms with E-state index in [2.05, 4.69) is 4.74 Å². The number of carbonyl (C=O) groups is 2. The van der Waals surface area contributed by atoms with E-state index in [1.54, 1.807) is 0 Å². The number of nitrogens with two attached hydrogens (primary N) is 1. The molecular weight excluding hydrogens is 210 g/mol. The molecule has 1 rings (SSSR count). The van der Waals surface area contributed by atoms with Gasteiger partial charge in [0.05, 0.1) is 7.11 Å². The predicted molar refractivity (Wildman–Crippen MR) is 57.5 cm³/mol. The zero-order chi connectivity index (χ0) is 12.1.